The minimum atomic E-state index is -0.0803. The van der Waals surface area contributed by atoms with E-state index in [9.17, 15) is 4.79 Å². The molecule has 7 heteroatoms. The molecule has 3 rings (SSSR count). The molecule has 1 heterocycles. The molecule has 28 heavy (non-hydrogen) atoms. The number of likely N-dealkylation sites (tertiary alicyclic amines) is 1. The highest BCUT2D eigenvalue weighted by atomic mass is 35.5. The summed E-state index contributed by atoms with van der Waals surface area (Å²) in [4.78, 5) is 15.1. The number of nitrogens with two attached hydrogens (primary N) is 1. The number of hydrogen-bond donors (Lipinski definition) is 2. The zero-order valence-corrected chi connectivity index (χ0v) is 18.1. The summed E-state index contributed by atoms with van der Waals surface area (Å²) in [7, 11) is 1.64. The van der Waals surface area contributed by atoms with Crippen molar-refractivity contribution in [3.63, 3.8) is 0 Å². The lowest BCUT2D eigenvalue weighted by atomic mass is 9.79. The molecule has 154 valence electrons. The number of piperidine rings is 1. The molecule has 0 aromatic heterocycles. The molecular formula is C21H29Cl2N3O2. The number of halogens is 2. The monoisotopic (exact) mass is 425 g/mol. The van der Waals surface area contributed by atoms with Crippen molar-refractivity contribution in [2.24, 2.45) is 11.1 Å². The number of nitrogens with zero attached hydrogens (tertiary/aromatic N) is 1. The van der Waals surface area contributed by atoms with Gasteiger partial charge >= 0.3 is 0 Å². The van der Waals surface area contributed by atoms with Crippen LogP contribution in [0.25, 0.3) is 0 Å². The molecule has 0 aliphatic carbocycles. The first-order chi connectivity index (χ1) is 12.4. The van der Waals surface area contributed by atoms with E-state index in [0.717, 1.165) is 23.5 Å². The predicted octanol–water partition coefficient (Wildman–Crippen LogP) is 4.48. The van der Waals surface area contributed by atoms with Gasteiger partial charge in [0.05, 0.1) is 18.4 Å². The molecule has 0 spiro atoms. The number of nitrogens with one attached hydrogen (secondary N) is 1. The highest BCUT2D eigenvalue weighted by molar-refractivity contribution is 6.00. The van der Waals surface area contributed by atoms with Gasteiger partial charge in [-0.15, -0.1) is 24.8 Å². The van der Waals surface area contributed by atoms with Crippen LogP contribution in [0.3, 0.4) is 0 Å². The number of carbonyl (C=O) groups is 1. The molecule has 1 amide bonds. The van der Waals surface area contributed by atoms with Crippen LogP contribution in [0.1, 0.15) is 30.6 Å². The molecule has 0 bridgehead atoms. The minimum absolute atomic E-state index is 0. The Labute approximate surface area is 179 Å². The number of rotatable bonds is 4. The van der Waals surface area contributed by atoms with Gasteiger partial charge in [-0.1, -0.05) is 32.0 Å². The smallest absolute Gasteiger partial charge is 0.255 e. The topological polar surface area (TPSA) is 67.6 Å². The normalized spacial score (nSPS) is 17.7. The Morgan fingerprint density at radius 3 is 2.57 bits per heavy atom. The first-order valence-electron chi connectivity index (χ1n) is 8.96. The number of benzene rings is 2. The third kappa shape index (κ3) is 5.31. The second-order valence-corrected chi connectivity index (χ2v) is 7.51. The van der Waals surface area contributed by atoms with Gasteiger partial charge in [-0.25, -0.2) is 0 Å². The van der Waals surface area contributed by atoms with E-state index < -0.39 is 0 Å². The average Bonchev–Trinajstić information content (AvgIpc) is 2.64. The van der Waals surface area contributed by atoms with Crippen molar-refractivity contribution in [2.45, 2.75) is 26.3 Å². The van der Waals surface area contributed by atoms with Crippen molar-refractivity contribution >= 4 is 42.1 Å². The largest absolute Gasteiger partial charge is 0.497 e. The van der Waals surface area contributed by atoms with E-state index in [2.05, 4.69) is 19.2 Å². The molecule has 1 aliphatic rings. The molecule has 0 saturated carbocycles. The fourth-order valence-electron chi connectivity index (χ4n) is 3.35. The zero-order chi connectivity index (χ0) is 18.7. The van der Waals surface area contributed by atoms with Crippen LogP contribution in [0.2, 0.25) is 0 Å². The molecule has 2 aromatic carbocycles. The number of amides is 1. The summed E-state index contributed by atoms with van der Waals surface area (Å²) >= 11 is 0. The standard InChI is InChI=1S/C21H27N3O2.2ClH/c1-21(2)14-24(12-11-19(21)22)20(25)17-9-4-5-10-18(17)23-15-7-6-8-16(13-15)26-3;;/h4-10,13,19,23H,11-12,14,22H2,1-3H3;2*1H. The second kappa shape index (κ2) is 10.0. The summed E-state index contributed by atoms with van der Waals surface area (Å²) in [6.07, 6.45) is 0.824. The van der Waals surface area contributed by atoms with Gasteiger partial charge in [0.15, 0.2) is 0 Å². The molecule has 0 radical (unpaired) electrons. The molecular weight excluding hydrogens is 397 g/mol. The van der Waals surface area contributed by atoms with Crippen LogP contribution in [-0.4, -0.2) is 37.0 Å². The Bertz CT molecular complexity index is 799. The summed E-state index contributed by atoms with van der Waals surface area (Å²) in [5.41, 5.74) is 8.47. The van der Waals surface area contributed by atoms with E-state index in [1.807, 2.05) is 53.4 Å². The zero-order valence-electron chi connectivity index (χ0n) is 16.5. The predicted molar refractivity (Wildman–Crippen MR) is 119 cm³/mol. The van der Waals surface area contributed by atoms with Gasteiger partial charge in [0.2, 0.25) is 0 Å². The van der Waals surface area contributed by atoms with Gasteiger partial charge < -0.3 is 20.7 Å². The Kier molecular flexibility index (Phi) is 8.61. The fraction of sp³-hybridized carbons (Fsp3) is 0.381. The summed E-state index contributed by atoms with van der Waals surface area (Å²) in [6, 6.07) is 15.4. The van der Waals surface area contributed by atoms with E-state index in [4.69, 9.17) is 10.5 Å². The maximum absolute atomic E-state index is 13.1. The van der Waals surface area contributed by atoms with Gasteiger partial charge in [0.1, 0.15) is 5.75 Å². The molecule has 1 fully saturated rings. The van der Waals surface area contributed by atoms with Gasteiger partial charge in [0, 0.05) is 30.9 Å². The number of carbonyl (C=O) groups excluding carboxylic acids is 1. The van der Waals surface area contributed by atoms with Crippen molar-refractivity contribution in [3.05, 3.63) is 54.1 Å². The van der Waals surface area contributed by atoms with Crippen molar-refractivity contribution in [3.8, 4) is 5.75 Å². The first kappa shape index (κ1) is 24.1. The van der Waals surface area contributed by atoms with Crippen molar-refractivity contribution in [2.75, 3.05) is 25.5 Å². The van der Waals surface area contributed by atoms with Crippen LogP contribution >= 0.6 is 24.8 Å². The molecule has 1 unspecified atom stereocenters. The van der Waals surface area contributed by atoms with E-state index in [0.29, 0.717) is 18.7 Å². The highest BCUT2D eigenvalue weighted by Gasteiger charge is 2.36. The summed E-state index contributed by atoms with van der Waals surface area (Å²) in [6.45, 7) is 5.60. The number of methoxy groups -OCH3 is 1. The number of para-hydroxylation sites is 1. The van der Waals surface area contributed by atoms with Crippen LogP contribution in [0.15, 0.2) is 48.5 Å². The van der Waals surface area contributed by atoms with E-state index in [1.165, 1.54) is 0 Å². The lowest BCUT2D eigenvalue weighted by Crippen LogP contribution is -2.54. The van der Waals surface area contributed by atoms with Gasteiger partial charge in [0.25, 0.3) is 5.91 Å². The van der Waals surface area contributed by atoms with Crippen molar-refractivity contribution in [1.29, 1.82) is 0 Å². The average molecular weight is 426 g/mol. The van der Waals surface area contributed by atoms with Gasteiger partial charge in [-0.2, -0.15) is 0 Å². The molecule has 5 nitrogen and oxygen atoms in total. The summed E-state index contributed by atoms with van der Waals surface area (Å²) in [5, 5.41) is 3.34. The van der Waals surface area contributed by atoms with E-state index in [-0.39, 0.29) is 42.2 Å². The molecule has 3 N–H and O–H groups in total. The molecule has 1 saturated heterocycles. The summed E-state index contributed by atoms with van der Waals surface area (Å²) < 4.78 is 5.27. The first-order valence-corrected chi connectivity index (χ1v) is 8.96. The maximum Gasteiger partial charge on any atom is 0.255 e. The van der Waals surface area contributed by atoms with Crippen LogP contribution in [0, 0.1) is 5.41 Å². The van der Waals surface area contributed by atoms with E-state index >= 15 is 0 Å². The number of ether oxygens (including phenoxy) is 1. The molecule has 2 aromatic rings. The quantitative estimate of drug-likeness (QED) is 0.757. The third-order valence-corrected chi connectivity index (χ3v) is 5.11. The molecule has 1 aliphatic heterocycles. The van der Waals surface area contributed by atoms with E-state index in [1.54, 1.807) is 7.11 Å². The number of anilines is 2. The Balaban J connectivity index is 0.00000196. The lowest BCUT2D eigenvalue weighted by molar-refractivity contribution is 0.0534. The fourth-order valence-corrected chi connectivity index (χ4v) is 3.35. The van der Waals surface area contributed by atoms with Crippen molar-refractivity contribution in [1.82, 2.24) is 4.90 Å². The summed E-state index contributed by atoms with van der Waals surface area (Å²) in [5.74, 6) is 0.807. The Morgan fingerprint density at radius 1 is 1.18 bits per heavy atom. The Hall–Kier alpha value is -1.95. The van der Waals surface area contributed by atoms with Gasteiger partial charge in [-0.3, -0.25) is 4.79 Å². The molecule has 1 atom stereocenters. The SMILES string of the molecule is COc1cccc(Nc2ccccc2C(=O)N2CCC(N)C(C)(C)C2)c1.Cl.Cl. The highest BCUT2D eigenvalue weighted by Crippen LogP contribution is 2.30. The minimum Gasteiger partial charge on any atom is -0.497 e. The van der Waals surface area contributed by atoms with Gasteiger partial charge in [-0.05, 0) is 36.1 Å². The lowest BCUT2D eigenvalue weighted by Gasteiger charge is -2.42. The second-order valence-electron chi connectivity index (χ2n) is 7.51. The Morgan fingerprint density at radius 2 is 1.89 bits per heavy atom. The third-order valence-electron chi connectivity index (χ3n) is 5.11. The maximum atomic E-state index is 13.1. The van der Waals surface area contributed by atoms with Crippen molar-refractivity contribution < 1.29 is 9.53 Å². The van der Waals surface area contributed by atoms with Crippen LogP contribution in [0.5, 0.6) is 5.75 Å². The van der Waals surface area contributed by atoms with Crippen LogP contribution in [0.4, 0.5) is 11.4 Å². The van der Waals surface area contributed by atoms with Crippen LogP contribution < -0.4 is 15.8 Å². The van der Waals surface area contributed by atoms with Crippen LogP contribution in [-0.2, 0) is 0 Å². The number of hydrogen-bond acceptors (Lipinski definition) is 4.